The van der Waals surface area contributed by atoms with Gasteiger partial charge in [-0.1, -0.05) is 50.3 Å². The van der Waals surface area contributed by atoms with Crippen LogP contribution in [0.15, 0.2) is 58.8 Å². The van der Waals surface area contributed by atoms with Crippen molar-refractivity contribution in [1.29, 1.82) is 0 Å². The zero-order valence-electron chi connectivity index (χ0n) is 19.6. The van der Waals surface area contributed by atoms with Gasteiger partial charge in [0.2, 0.25) is 0 Å². The molecule has 2 aliphatic carbocycles. The average molecular weight is 431 g/mol. The lowest BCUT2D eigenvalue weighted by atomic mass is 9.80. The van der Waals surface area contributed by atoms with Crippen molar-refractivity contribution in [3.8, 4) is 0 Å². The molecule has 0 saturated carbocycles. The van der Waals surface area contributed by atoms with Gasteiger partial charge in [-0.3, -0.25) is 4.79 Å². The van der Waals surface area contributed by atoms with Gasteiger partial charge in [-0.2, -0.15) is 0 Å². The zero-order valence-corrected chi connectivity index (χ0v) is 19.6. The first-order chi connectivity index (χ1) is 15.6. The van der Waals surface area contributed by atoms with Crippen LogP contribution in [0.5, 0.6) is 0 Å². The number of aliphatic imine (C=N–C) groups is 1. The fraction of sp³-hybridized carbons (Fsp3) is 0.481. The Hall–Kier alpha value is -2.66. The van der Waals surface area contributed by atoms with E-state index in [0.717, 1.165) is 69.2 Å². The van der Waals surface area contributed by atoms with Crippen molar-refractivity contribution in [2.24, 2.45) is 10.9 Å². The lowest BCUT2D eigenvalue weighted by Crippen LogP contribution is -2.50. The van der Waals surface area contributed by atoms with Crippen LogP contribution in [-0.4, -0.2) is 72.8 Å². The standard InChI is InChI=1S/C27H34N4O/c1-4-13-31(14-5-2)27(32)25-24-21-10-7-6-9-19(21)20-11-8-12-22(23(20)24)28-26(25)30-17-15-29(3)16-18-30/h6-12,20,23H,4-5,13-18H2,1-3H3. The molecule has 1 fully saturated rings. The van der Waals surface area contributed by atoms with Gasteiger partial charge in [-0.25, -0.2) is 4.99 Å². The molecule has 5 rings (SSSR count). The Morgan fingerprint density at radius 3 is 2.53 bits per heavy atom. The van der Waals surface area contributed by atoms with Crippen LogP contribution in [0, 0.1) is 5.92 Å². The number of amides is 1. The fourth-order valence-electron chi connectivity index (χ4n) is 5.65. The maximum atomic E-state index is 14.2. The molecule has 5 nitrogen and oxygen atoms in total. The van der Waals surface area contributed by atoms with Crippen LogP contribution < -0.4 is 0 Å². The van der Waals surface area contributed by atoms with Gasteiger partial charge < -0.3 is 14.7 Å². The topological polar surface area (TPSA) is 39.2 Å². The molecule has 1 amide bonds. The highest BCUT2D eigenvalue weighted by Crippen LogP contribution is 2.55. The molecule has 4 aliphatic rings. The number of hydrogen-bond acceptors (Lipinski definition) is 4. The van der Waals surface area contributed by atoms with Gasteiger partial charge in [0.15, 0.2) is 0 Å². The summed E-state index contributed by atoms with van der Waals surface area (Å²) in [5.41, 5.74) is 5.72. The van der Waals surface area contributed by atoms with Crippen molar-refractivity contribution in [1.82, 2.24) is 14.7 Å². The summed E-state index contributed by atoms with van der Waals surface area (Å²) in [5.74, 6) is 1.47. The van der Waals surface area contributed by atoms with Gasteiger partial charge >= 0.3 is 0 Å². The Labute approximate surface area is 191 Å². The van der Waals surface area contributed by atoms with Crippen LogP contribution in [0.25, 0.3) is 5.57 Å². The molecule has 0 aromatic heterocycles. The molecule has 2 unspecified atom stereocenters. The van der Waals surface area contributed by atoms with Gasteiger partial charge in [0.05, 0.1) is 11.3 Å². The summed E-state index contributed by atoms with van der Waals surface area (Å²) in [6.07, 6.45) is 8.51. The van der Waals surface area contributed by atoms with E-state index in [0.29, 0.717) is 0 Å². The Kier molecular flexibility index (Phi) is 5.76. The number of amidine groups is 1. The molecule has 5 heteroatoms. The second-order valence-electron chi connectivity index (χ2n) is 9.37. The molecule has 1 aromatic rings. The van der Waals surface area contributed by atoms with Gasteiger partial charge in [-0.15, -0.1) is 0 Å². The molecule has 168 valence electrons. The fourth-order valence-corrected chi connectivity index (χ4v) is 5.65. The van der Waals surface area contributed by atoms with Crippen molar-refractivity contribution in [2.45, 2.75) is 32.6 Å². The lowest BCUT2D eigenvalue weighted by Gasteiger charge is -2.39. The maximum Gasteiger partial charge on any atom is 0.257 e. The quantitative estimate of drug-likeness (QED) is 0.711. The Morgan fingerprint density at radius 2 is 1.81 bits per heavy atom. The molecule has 2 heterocycles. The maximum absolute atomic E-state index is 14.2. The smallest absolute Gasteiger partial charge is 0.257 e. The minimum Gasteiger partial charge on any atom is -0.353 e. The van der Waals surface area contributed by atoms with Crippen LogP contribution >= 0.6 is 0 Å². The number of carbonyl (C=O) groups is 1. The number of carbonyl (C=O) groups excluding carboxylic acids is 1. The first-order valence-corrected chi connectivity index (χ1v) is 12.2. The van der Waals surface area contributed by atoms with Crippen LogP contribution in [0.1, 0.15) is 43.7 Å². The molecule has 1 aromatic carbocycles. The highest BCUT2D eigenvalue weighted by molar-refractivity contribution is 6.27. The molecular formula is C27H34N4O. The molecule has 32 heavy (non-hydrogen) atoms. The minimum absolute atomic E-state index is 0.151. The summed E-state index contributed by atoms with van der Waals surface area (Å²) in [5, 5.41) is 0. The monoisotopic (exact) mass is 430 g/mol. The van der Waals surface area contributed by atoms with Gasteiger partial charge in [0.25, 0.3) is 5.91 Å². The zero-order chi connectivity index (χ0) is 22.2. The summed E-state index contributed by atoms with van der Waals surface area (Å²) in [4.78, 5) is 26.1. The number of allylic oxidation sites excluding steroid dienone is 4. The first kappa shape index (κ1) is 21.2. The van der Waals surface area contributed by atoms with Crippen LogP contribution in [0.4, 0.5) is 0 Å². The average Bonchev–Trinajstić information content (AvgIpc) is 3.15. The summed E-state index contributed by atoms with van der Waals surface area (Å²) in [6.45, 7) is 9.67. The van der Waals surface area contributed by atoms with Gasteiger partial charge in [0, 0.05) is 51.1 Å². The second-order valence-corrected chi connectivity index (χ2v) is 9.37. The largest absolute Gasteiger partial charge is 0.353 e. The molecule has 1 saturated heterocycles. The van der Waals surface area contributed by atoms with E-state index in [9.17, 15) is 4.79 Å². The Morgan fingerprint density at radius 1 is 1.09 bits per heavy atom. The predicted octanol–water partition coefficient (Wildman–Crippen LogP) is 3.92. The van der Waals surface area contributed by atoms with E-state index in [1.807, 2.05) is 0 Å². The Balaban J connectivity index is 1.69. The van der Waals surface area contributed by atoms with Crippen LogP contribution in [0.2, 0.25) is 0 Å². The SMILES string of the molecule is CCCN(CCC)C(=O)C1=C2c3ccccc3C3C=CC=C(N=C1N1CCN(C)CC1)C23. The van der Waals surface area contributed by atoms with Crippen molar-refractivity contribution in [2.75, 3.05) is 46.3 Å². The van der Waals surface area contributed by atoms with E-state index in [-0.39, 0.29) is 17.7 Å². The third-order valence-corrected chi connectivity index (χ3v) is 7.20. The normalized spacial score (nSPS) is 24.2. The van der Waals surface area contributed by atoms with E-state index >= 15 is 0 Å². The predicted molar refractivity (Wildman–Crippen MR) is 130 cm³/mol. The second kappa shape index (κ2) is 8.70. The number of fused-ring (bicyclic) bond motifs is 3. The number of benzene rings is 1. The summed E-state index contributed by atoms with van der Waals surface area (Å²) in [6, 6.07) is 8.66. The van der Waals surface area contributed by atoms with Crippen molar-refractivity contribution >= 4 is 17.3 Å². The summed E-state index contributed by atoms with van der Waals surface area (Å²) < 4.78 is 0. The highest BCUT2D eigenvalue weighted by atomic mass is 16.2. The third-order valence-electron chi connectivity index (χ3n) is 7.20. The number of nitrogens with zero attached hydrogens (tertiary/aromatic N) is 4. The van der Waals surface area contributed by atoms with Gasteiger partial charge in [0.1, 0.15) is 5.84 Å². The van der Waals surface area contributed by atoms with E-state index in [1.165, 1.54) is 16.7 Å². The molecular weight excluding hydrogens is 396 g/mol. The molecule has 0 spiro atoms. The van der Waals surface area contributed by atoms with Gasteiger partial charge in [-0.05, 0) is 42.7 Å². The molecule has 0 radical (unpaired) electrons. The molecule has 0 N–H and O–H groups in total. The molecule has 2 aliphatic heterocycles. The van der Waals surface area contributed by atoms with Crippen molar-refractivity contribution in [3.05, 3.63) is 64.9 Å². The Bertz CT molecular complexity index is 1020. The van der Waals surface area contributed by atoms with E-state index < -0.39 is 0 Å². The van der Waals surface area contributed by atoms with Crippen LogP contribution in [0.3, 0.4) is 0 Å². The number of piperazine rings is 1. The van der Waals surface area contributed by atoms with Crippen molar-refractivity contribution < 1.29 is 4.79 Å². The number of likely N-dealkylation sites (N-methyl/N-ethyl adjacent to an activating group) is 1. The lowest BCUT2D eigenvalue weighted by molar-refractivity contribution is -0.126. The van der Waals surface area contributed by atoms with Crippen LogP contribution in [-0.2, 0) is 4.79 Å². The van der Waals surface area contributed by atoms with E-state index in [2.05, 4.69) is 78.1 Å². The van der Waals surface area contributed by atoms with E-state index in [1.54, 1.807) is 0 Å². The number of rotatable bonds is 5. The molecule has 2 atom stereocenters. The first-order valence-electron chi connectivity index (χ1n) is 12.2. The number of dihydropyridines is 1. The third kappa shape index (κ3) is 3.43. The number of hydrogen-bond donors (Lipinski definition) is 0. The minimum atomic E-state index is 0.151. The van der Waals surface area contributed by atoms with E-state index in [4.69, 9.17) is 4.99 Å². The molecule has 0 bridgehead atoms. The summed E-state index contributed by atoms with van der Waals surface area (Å²) in [7, 11) is 2.16. The highest BCUT2D eigenvalue weighted by Gasteiger charge is 2.46. The van der Waals surface area contributed by atoms with Crippen molar-refractivity contribution in [3.63, 3.8) is 0 Å². The summed E-state index contributed by atoms with van der Waals surface area (Å²) >= 11 is 0.